The summed E-state index contributed by atoms with van der Waals surface area (Å²) in [6, 6.07) is 15.5. The molecule has 3 aromatic rings. The summed E-state index contributed by atoms with van der Waals surface area (Å²) in [5, 5.41) is 11.5. The first-order valence-corrected chi connectivity index (χ1v) is 7.29. The number of aromatic nitrogens is 2. The largest absolute Gasteiger partial charge is 0.434 e. The number of hydrogen-bond acceptors (Lipinski definition) is 6. The van der Waals surface area contributed by atoms with Crippen molar-refractivity contribution in [1.29, 1.82) is 0 Å². The Hall–Kier alpha value is -3.29. The highest BCUT2D eigenvalue weighted by Crippen LogP contribution is 2.19. The lowest BCUT2D eigenvalue weighted by atomic mass is 10.2. The Labute approximate surface area is 141 Å². The normalized spacial score (nSPS) is 11.2. The van der Waals surface area contributed by atoms with Crippen LogP contribution in [0.25, 0.3) is 11.5 Å². The second kappa shape index (κ2) is 8.00. The van der Waals surface area contributed by atoms with Crippen LogP contribution in [0.5, 0.6) is 5.75 Å². The number of oxime groups is 1. The Bertz CT molecular complexity index is 838. The molecule has 8 heteroatoms. The van der Waals surface area contributed by atoms with Gasteiger partial charge in [-0.15, -0.1) is 10.2 Å². The summed E-state index contributed by atoms with van der Waals surface area (Å²) in [6.07, 6.45) is 1.27. The lowest BCUT2D eigenvalue weighted by molar-refractivity contribution is -0.0499. The molecule has 0 N–H and O–H groups in total. The molecular formula is C17H13F2N3O3. The van der Waals surface area contributed by atoms with E-state index in [9.17, 15) is 8.78 Å². The lowest BCUT2D eigenvalue weighted by Gasteiger charge is -2.06. The first-order chi connectivity index (χ1) is 12.2. The molecule has 0 aliphatic carbocycles. The monoisotopic (exact) mass is 345 g/mol. The lowest BCUT2D eigenvalue weighted by Crippen LogP contribution is -2.04. The topological polar surface area (TPSA) is 69.7 Å². The van der Waals surface area contributed by atoms with Crippen LogP contribution in [-0.4, -0.2) is 23.0 Å². The van der Waals surface area contributed by atoms with Crippen LogP contribution in [0.2, 0.25) is 0 Å². The van der Waals surface area contributed by atoms with E-state index in [0.717, 1.165) is 5.56 Å². The van der Waals surface area contributed by atoms with Gasteiger partial charge < -0.3 is 14.0 Å². The third kappa shape index (κ3) is 4.60. The van der Waals surface area contributed by atoms with E-state index >= 15 is 0 Å². The maximum atomic E-state index is 12.3. The van der Waals surface area contributed by atoms with Gasteiger partial charge in [0.15, 0.2) is 6.61 Å². The Kier molecular flexibility index (Phi) is 5.30. The Balaban J connectivity index is 1.59. The fourth-order valence-corrected chi connectivity index (χ4v) is 1.99. The smallest absolute Gasteiger partial charge is 0.387 e. The quantitative estimate of drug-likeness (QED) is 0.480. The van der Waals surface area contributed by atoms with Gasteiger partial charge in [-0.3, -0.25) is 0 Å². The fraction of sp³-hybridized carbons (Fsp3) is 0.118. The SMILES string of the molecule is FC(F)Oc1ccccc1/C=N/OCc1nnc(-c2ccccc2)o1. The highest BCUT2D eigenvalue weighted by molar-refractivity contribution is 5.83. The van der Waals surface area contributed by atoms with Crippen LogP contribution in [0, 0.1) is 0 Å². The summed E-state index contributed by atoms with van der Waals surface area (Å²) in [5.41, 5.74) is 1.15. The maximum absolute atomic E-state index is 12.3. The molecule has 0 spiro atoms. The number of para-hydroxylation sites is 1. The van der Waals surface area contributed by atoms with Crippen LogP contribution in [-0.2, 0) is 11.4 Å². The number of hydrogen-bond donors (Lipinski definition) is 0. The van der Waals surface area contributed by atoms with Gasteiger partial charge in [-0.1, -0.05) is 35.5 Å². The number of nitrogens with zero attached hydrogens (tertiary/aromatic N) is 3. The third-order valence-electron chi connectivity index (χ3n) is 3.08. The van der Waals surface area contributed by atoms with E-state index in [1.807, 2.05) is 30.3 Å². The molecule has 0 aliphatic rings. The van der Waals surface area contributed by atoms with E-state index in [1.165, 1.54) is 12.3 Å². The molecule has 2 aromatic carbocycles. The molecule has 0 saturated carbocycles. The zero-order valence-electron chi connectivity index (χ0n) is 12.9. The predicted octanol–water partition coefficient (Wildman–Crippen LogP) is 3.89. The average Bonchev–Trinajstić information content (AvgIpc) is 3.09. The highest BCUT2D eigenvalue weighted by Gasteiger charge is 2.09. The minimum atomic E-state index is -2.91. The molecule has 0 amide bonds. The van der Waals surface area contributed by atoms with Crippen LogP contribution in [0.3, 0.4) is 0 Å². The molecule has 0 fully saturated rings. The first-order valence-electron chi connectivity index (χ1n) is 7.29. The van der Waals surface area contributed by atoms with Crippen molar-refractivity contribution in [1.82, 2.24) is 10.2 Å². The average molecular weight is 345 g/mol. The third-order valence-corrected chi connectivity index (χ3v) is 3.08. The van der Waals surface area contributed by atoms with Gasteiger partial charge in [0.2, 0.25) is 5.89 Å². The molecule has 0 atom stereocenters. The Morgan fingerprint density at radius 2 is 1.80 bits per heavy atom. The van der Waals surface area contributed by atoms with Crippen LogP contribution in [0.4, 0.5) is 8.78 Å². The Morgan fingerprint density at radius 1 is 1.04 bits per heavy atom. The van der Waals surface area contributed by atoms with Crippen molar-refractivity contribution in [3.8, 4) is 17.2 Å². The molecule has 25 heavy (non-hydrogen) atoms. The number of rotatable bonds is 7. The maximum Gasteiger partial charge on any atom is 0.387 e. The molecule has 128 valence electrons. The highest BCUT2D eigenvalue weighted by atomic mass is 19.3. The van der Waals surface area contributed by atoms with Crippen LogP contribution in [0.1, 0.15) is 11.5 Å². The number of halogens is 2. The van der Waals surface area contributed by atoms with Gasteiger partial charge in [0.05, 0.1) is 6.21 Å². The van der Waals surface area contributed by atoms with E-state index < -0.39 is 6.61 Å². The van der Waals surface area contributed by atoms with E-state index in [0.29, 0.717) is 11.5 Å². The Morgan fingerprint density at radius 3 is 2.60 bits per heavy atom. The van der Waals surface area contributed by atoms with Gasteiger partial charge >= 0.3 is 6.61 Å². The van der Waals surface area contributed by atoms with Gasteiger partial charge in [-0.2, -0.15) is 8.78 Å². The van der Waals surface area contributed by atoms with Gasteiger partial charge in [0, 0.05) is 11.1 Å². The number of ether oxygens (including phenoxy) is 1. The molecule has 3 rings (SSSR count). The molecule has 0 saturated heterocycles. The van der Waals surface area contributed by atoms with Gasteiger partial charge in [-0.25, -0.2) is 0 Å². The van der Waals surface area contributed by atoms with Crippen molar-refractivity contribution in [2.24, 2.45) is 5.16 Å². The van der Waals surface area contributed by atoms with Crippen molar-refractivity contribution in [2.75, 3.05) is 0 Å². The van der Waals surface area contributed by atoms with E-state index in [-0.39, 0.29) is 18.2 Å². The molecule has 0 unspecified atom stereocenters. The minimum absolute atomic E-state index is 0.00834. The number of alkyl halides is 2. The summed E-state index contributed by atoms with van der Waals surface area (Å²) in [4.78, 5) is 5.06. The van der Waals surface area contributed by atoms with Crippen LogP contribution in [0.15, 0.2) is 64.2 Å². The zero-order chi connectivity index (χ0) is 17.5. The molecule has 0 radical (unpaired) electrons. The second-order valence-corrected chi connectivity index (χ2v) is 4.79. The standard InChI is InChI=1S/C17H13F2N3O3/c18-17(19)24-14-9-5-4-8-13(14)10-20-23-11-15-21-22-16(25-15)12-6-2-1-3-7-12/h1-10,17H,11H2/b20-10+. The summed E-state index contributed by atoms with van der Waals surface area (Å²) in [6.45, 7) is -2.96. The van der Waals surface area contributed by atoms with Gasteiger partial charge in [0.1, 0.15) is 5.75 Å². The van der Waals surface area contributed by atoms with Crippen molar-refractivity contribution >= 4 is 6.21 Å². The van der Waals surface area contributed by atoms with Crippen molar-refractivity contribution in [3.63, 3.8) is 0 Å². The molecule has 0 aliphatic heterocycles. The minimum Gasteiger partial charge on any atom is -0.434 e. The van der Waals surface area contributed by atoms with Crippen LogP contribution < -0.4 is 4.74 Å². The van der Waals surface area contributed by atoms with Crippen molar-refractivity contribution in [3.05, 3.63) is 66.1 Å². The summed E-state index contributed by atoms with van der Waals surface area (Å²) >= 11 is 0. The van der Waals surface area contributed by atoms with E-state index in [2.05, 4.69) is 20.1 Å². The van der Waals surface area contributed by atoms with E-state index in [4.69, 9.17) is 9.25 Å². The van der Waals surface area contributed by atoms with E-state index in [1.54, 1.807) is 18.2 Å². The summed E-state index contributed by atoms with van der Waals surface area (Å²) in [7, 11) is 0. The second-order valence-electron chi connectivity index (χ2n) is 4.79. The molecular weight excluding hydrogens is 332 g/mol. The number of benzene rings is 2. The predicted molar refractivity (Wildman–Crippen MR) is 85.2 cm³/mol. The van der Waals surface area contributed by atoms with Crippen molar-refractivity contribution in [2.45, 2.75) is 13.2 Å². The summed E-state index contributed by atoms with van der Waals surface area (Å²) in [5.74, 6) is 0.626. The first kappa shape index (κ1) is 16.6. The fourth-order valence-electron chi connectivity index (χ4n) is 1.99. The van der Waals surface area contributed by atoms with Gasteiger partial charge in [-0.05, 0) is 24.3 Å². The van der Waals surface area contributed by atoms with Crippen LogP contribution >= 0.6 is 0 Å². The zero-order valence-corrected chi connectivity index (χ0v) is 12.9. The van der Waals surface area contributed by atoms with Crippen molar-refractivity contribution < 1.29 is 22.8 Å². The molecule has 1 heterocycles. The molecule has 1 aromatic heterocycles. The van der Waals surface area contributed by atoms with Gasteiger partial charge in [0.25, 0.3) is 5.89 Å². The summed E-state index contributed by atoms with van der Waals surface area (Å²) < 4.78 is 34.5. The molecule has 6 nitrogen and oxygen atoms in total. The molecule has 0 bridgehead atoms.